The first-order chi connectivity index (χ1) is 11.3. The van der Waals surface area contributed by atoms with Gasteiger partial charge in [0, 0.05) is 13.0 Å². The summed E-state index contributed by atoms with van der Waals surface area (Å²) in [5.41, 5.74) is 3.95. The van der Waals surface area contributed by atoms with Crippen molar-refractivity contribution in [1.82, 2.24) is 10.4 Å². The van der Waals surface area contributed by atoms with E-state index in [0.29, 0.717) is 13.0 Å². The quantitative estimate of drug-likeness (QED) is 0.452. The predicted molar refractivity (Wildman–Crippen MR) is 89.9 cm³/mol. The van der Waals surface area contributed by atoms with Crippen molar-refractivity contribution < 1.29 is 14.4 Å². The van der Waals surface area contributed by atoms with Gasteiger partial charge in [-0.3, -0.25) is 9.63 Å². The maximum atomic E-state index is 11.9. The van der Waals surface area contributed by atoms with Gasteiger partial charge in [0.25, 0.3) is 0 Å². The Bertz CT molecular complexity index is 445. The second-order valence-electron chi connectivity index (χ2n) is 5.99. The maximum Gasteiger partial charge on any atom is 0.325 e. The summed E-state index contributed by atoms with van der Waals surface area (Å²) in [5.74, 6) is -0.302. The minimum Gasteiger partial charge on any atom is -0.468 e. The fourth-order valence-corrected chi connectivity index (χ4v) is 2.86. The Morgan fingerprint density at radius 1 is 1.17 bits per heavy atom. The summed E-state index contributed by atoms with van der Waals surface area (Å²) in [5, 5.41) is 0. The van der Waals surface area contributed by atoms with Gasteiger partial charge in [0.2, 0.25) is 0 Å². The lowest BCUT2D eigenvalue weighted by atomic mass is 10.1. The van der Waals surface area contributed by atoms with Crippen LogP contribution in [0.25, 0.3) is 0 Å². The van der Waals surface area contributed by atoms with Crippen LogP contribution in [0.15, 0.2) is 30.3 Å². The fourth-order valence-electron chi connectivity index (χ4n) is 2.86. The summed E-state index contributed by atoms with van der Waals surface area (Å²) in [4.78, 5) is 19.9. The van der Waals surface area contributed by atoms with Crippen molar-refractivity contribution in [1.29, 1.82) is 0 Å². The first-order valence-electron chi connectivity index (χ1n) is 8.51. The second kappa shape index (κ2) is 10.4. The van der Waals surface area contributed by atoms with E-state index in [2.05, 4.69) is 10.4 Å². The Morgan fingerprint density at radius 2 is 1.87 bits per heavy atom. The molecule has 0 bridgehead atoms. The molecule has 1 aromatic carbocycles. The first-order valence-corrected chi connectivity index (χ1v) is 8.51. The van der Waals surface area contributed by atoms with Crippen molar-refractivity contribution >= 4 is 5.97 Å². The Morgan fingerprint density at radius 3 is 2.52 bits per heavy atom. The lowest BCUT2D eigenvalue weighted by molar-refractivity contribution is -0.147. The summed E-state index contributed by atoms with van der Waals surface area (Å²) >= 11 is 0. The highest BCUT2D eigenvalue weighted by Gasteiger charge is 2.19. The number of likely N-dealkylation sites (tertiary alicyclic amines) is 1. The van der Waals surface area contributed by atoms with Crippen LogP contribution in [0.3, 0.4) is 0 Å². The number of hydrogen-bond donors (Lipinski definition) is 1. The fraction of sp³-hybridized carbons (Fsp3) is 0.611. The van der Waals surface area contributed by atoms with Crippen LogP contribution in [-0.2, 0) is 20.8 Å². The molecule has 0 spiro atoms. The highest BCUT2D eigenvalue weighted by molar-refractivity contribution is 5.75. The molecule has 0 radical (unpaired) electrons. The van der Waals surface area contributed by atoms with Gasteiger partial charge in [-0.15, -0.1) is 0 Å². The largest absolute Gasteiger partial charge is 0.468 e. The standard InChI is InChI=1S/C18H28N2O3/c1-22-18(21)17(15-16-9-5-4-6-10-16)19-23-14-13-20-11-7-2-3-8-12-20/h4-6,9-10,17,19H,2-3,7-8,11-15H2,1H3/t17-/m0/s1. The van der Waals surface area contributed by atoms with Crippen LogP contribution in [0.5, 0.6) is 0 Å². The number of nitrogens with one attached hydrogen (secondary N) is 1. The van der Waals surface area contributed by atoms with Crippen LogP contribution in [-0.4, -0.2) is 50.3 Å². The number of benzene rings is 1. The summed E-state index contributed by atoms with van der Waals surface area (Å²) in [6, 6.07) is 9.39. The molecule has 1 atom stereocenters. The van der Waals surface area contributed by atoms with Gasteiger partial charge in [0.05, 0.1) is 13.7 Å². The van der Waals surface area contributed by atoms with E-state index in [9.17, 15) is 4.79 Å². The van der Waals surface area contributed by atoms with Crippen LogP contribution in [0.2, 0.25) is 0 Å². The molecule has 0 aliphatic carbocycles. The number of carbonyl (C=O) groups excluding carboxylic acids is 1. The van der Waals surface area contributed by atoms with Crippen molar-refractivity contribution in [2.45, 2.75) is 38.1 Å². The zero-order chi connectivity index (χ0) is 16.3. The van der Waals surface area contributed by atoms with Crippen molar-refractivity contribution in [3.8, 4) is 0 Å². The molecule has 0 amide bonds. The molecule has 1 aliphatic heterocycles. The minimum atomic E-state index is -0.480. The average Bonchev–Trinajstić information content (AvgIpc) is 2.86. The molecule has 23 heavy (non-hydrogen) atoms. The molecule has 1 aliphatic rings. The molecule has 1 N–H and O–H groups in total. The summed E-state index contributed by atoms with van der Waals surface area (Å²) in [6.07, 6.45) is 5.75. The molecule has 128 valence electrons. The average molecular weight is 320 g/mol. The van der Waals surface area contributed by atoms with Crippen molar-refractivity contribution in [3.05, 3.63) is 35.9 Å². The van der Waals surface area contributed by atoms with E-state index in [1.807, 2.05) is 30.3 Å². The second-order valence-corrected chi connectivity index (χ2v) is 5.99. The van der Waals surface area contributed by atoms with Crippen molar-refractivity contribution in [3.63, 3.8) is 0 Å². The van der Waals surface area contributed by atoms with E-state index in [0.717, 1.165) is 25.2 Å². The Balaban J connectivity index is 1.73. The zero-order valence-electron chi connectivity index (χ0n) is 14.0. The Labute approximate surface area is 138 Å². The van der Waals surface area contributed by atoms with E-state index < -0.39 is 6.04 Å². The smallest absolute Gasteiger partial charge is 0.325 e. The summed E-state index contributed by atoms with van der Waals surface area (Å²) < 4.78 is 4.86. The molecule has 1 heterocycles. The van der Waals surface area contributed by atoms with E-state index in [1.54, 1.807) is 0 Å². The number of ether oxygens (including phenoxy) is 1. The first kappa shape index (κ1) is 17.9. The van der Waals surface area contributed by atoms with Crippen LogP contribution >= 0.6 is 0 Å². The van der Waals surface area contributed by atoms with Crippen LogP contribution in [0.4, 0.5) is 0 Å². The Kier molecular flexibility index (Phi) is 8.07. The third kappa shape index (κ3) is 6.69. The minimum absolute atomic E-state index is 0.302. The molecule has 5 nitrogen and oxygen atoms in total. The van der Waals surface area contributed by atoms with Gasteiger partial charge in [-0.2, -0.15) is 5.48 Å². The van der Waals surface area contributed by atoms with Crippen molar-refractivity contribution in [2.75, 3.05) is 33.4 Å². The van der Waals surface area contributed by atoms with E-state index in [-0.39, 0.29) is 5.97 Å². The molecule has 1 fully saturated rings. The zero-order valence-corrected chi connectivity index (χ0v) is 14.0. The number of methoxy groups -OCH3 is 1. The lowest BCUT2D eigenvalue weighted by Gasteiger charge is -2.21. The molecular formula is C18H28N2O3. The normalized spacial score (nSPS) is 17.4. The molecule has 2 rings (SSSR count). The molecule has 1 saturated heterocycles. The molecule has 0 unspecified atom stereocenters. The number of hydrogen-bond acceptors (Lipinski definition) is 5. The molecule has 5 heteroatoms. The van der Waals surface area contributed by atoms with Gasteiger partial charge in [-0.05, 0) is 31.5 Å². The third-order valence-electron chi connectivity index (χ3n) is 4.20. The summed E-state index contributed by atoms with van der Waals surface area (Å²) in [7, 11) is 1.40. The van der Waals surface area contributed by atoms with Gasteiger partial charge in [-0.1, -0.05) is 43.2 Å². The van der Waals surface area contributed by atoms with Gasteiger partial charge in [-0.25, -0.2) is 0 Å². The number of carbonyl (C=O) groups is 1. The van der Waals surface area contributed by atoms with Gasteiger partial charge in [0.15, 0.2) is 0 Å². The number of hydroxylamine groups is 1. The third-order valence-corrected chi connectivity index (χ3v) is 4.20. The van der Waals surface area contributed by atoms with Crippen LogP contribution in [0, 0.1) is 0 Å². The van der Waals surface area contributed by atoms with Crippen LogP contribution in [0.1, 0.15) is 31.2 Å². The van der Waals surface area contributed by atoms with Gasteiger partial charge >= 0.3 is 5.97 Å². The molecule has 0 aromatic heterocycles. The molecule has 0 saturated carbocycles. The SMILES string of the molecule is COC(=O)[C@H](Cc1ccccc1)NOCCN1CCCCCC1. The highest BCUT2D eigenvalue weighted by atomic mass is 16.6. The van der Waals surface area contributed by atoms with Crippen molar-refractivity contribution in [2.24, 2.45) is 0 Å². The van der Waals surface area contributed by atoms with Gasteiger partial charge in [0.1, 0.15) is 6.04 Å². The topological polar surface area (TPSA) is 50.8 Å². The molecule has 1 aromatic rings. The Hall–Kier alpha value is -1.43. The highest BCUT2D eigenvalue weighted by Crippen LogP contribution is 2.09. The predicted octanol–water partition coefficient (Wildman–Crippen LogP) is 2.17. The number of esters is 1. The number of nitrogens with zero attached hydrogens (tertiary/aromatic N) is 1. The maximum absolute atomic E-state index is 11.9. The molecular weight excluding hydrogens is 292 g/mol. The summed E-state index contributed by atoms with van der Waals surface area (Å²) in [6.45, 7) is 3.76. The lowest BCUT2D eigenvalue weighted by Crippen LogP contribution is -2.41. The van der Waals surface area contributed by atoms with Gasteiger partial charge < -0.3 is 9.64 Å². The van der Waals surface area contributed by atoms with E-state index in [1.165, 1.54) is 32.8 Å². The van der Waals surface area contributed by atoms with Crippen LogP contribution < -0.4 is 5.48 Å². The van der Waals surface area contributed by atoms with E-state index >= 15 is 0 Å². The van der Waals surface area contributed by atoms with E-state index in [4.69, 9.17) is 9.57 Å². The monoisotopic (exact) mass is 320 g/mol. The number of rotatable bonds is 8.